The first-order valence-electron chi connectivity index (χ1n) is 11.9. The van der Waals surface area contributed by atoms with Crippen LogP contribution in [0.25, 0.3) is 17.0 Å². The largest absolute Gasteiger partial charge is 0.483 e. The van der Waals surface area contributed by atoms with E-state index in [9.17, 15) is 16.8 Å². The number of fused-ring (bicyclic) bond motifs is 1. The second kappa shape index (κ2) is 11.0. The minimum absolute atomic E-state index is 0.0426. The van der Waals surface area contributed by atoms with Crippen LogP contribution in [0, 0.1) is 13.8 Å². The highest BCUT2D eigenvalue weighted by atomic mass is 32.2. The fourth-order valence-corrected chi connectivity index (χ4v) is 6.15. The molecule has 0 aliphatic rings. The van der Waals surface area contributed by atoms with Crippen LogP contribution >= 0.6 is 0 Å². The summed E-state index contributed by atoms with van der Waals surface area (Å²) in [5, 5.41) is 0.546. The standard InChI is InChI=1S/C29H29NO6S2/c1-5-7-23-12-17-28-27(18-19-30(28)37(31,32)25-13-8-21(3)9-14-25)29(23)36-24(6-2)20-35-38(33,34)26-15-10-22(4)11-16-26/h5-19,24H,2,20H2,1,3-4H3/b7-5+/t24-/m1/s1. The van der Waals surface area contributed by atoms with E-state index in [-0.39, 0.29) is 16.4 Å². The maximum atomic E-state index is 13.4. The number of allylic oxidation sites excluding steroid dienone is 1. The van der Waals surface area contributed by atoms with Gasteiger partial charge in [0, 0.05) is 17.1 Å². The molecule has 0 unspecified atom stereocenters. The van der Waals surface area contributed by atoms with E-state index in [2.05, 4.69) is 6.58 Å². The van der Waals surface area contributed by atoms with Gasteiger partial charge >= 0.3 is 0 Å². The van der Waals surface area contributed by atoms with Crippen LogP contribution in [0.5, 0.6) is 5.75 Å². The Morgan fingerprint density at radius 2 is 1.47 bits per heavy atom. The van der Waals surface area contributed by atoms with E-state index in [0.29, 0.717) is 22.2 Å². The summed E-state index contributed by atoms with van der Waals surface area (Å²) in [5.74, 6) is 0.389. The molecule has 38 heavy (non-hydrogen) atoms. The monoisotopic (exact) mass is 551 g/mol. The Labute approximate surface area is 223 Å². The molecule has 4 aromatic rings. The maximum Gasteiger partial charge on any atom is 0.297 e. The molecule has 3 aromatic carbocycles. The molecule has 0 N–H and O–H groups in total. The van der Waals surface area contributed by atoms with E-state index in [1.54, 1.807) is 54.6 Å². The van der Waals surface area contributed by atoms with E-state index in [4.69, 9.17) is 8.92 Å². The van der Waals surface area contributed by atoms with Crippen LogP contribution < -0.4 is 4.74 Å². The number of ether oxygens (including phenoxy) is 1. The van der Waals surface area contributed by atoms with Crippen molar-refractivity contribution in [1.29, 1.82) is 0 Å². The lowest BCUT2D eigenvalue weighted by Crippen LogP contribution is -2.23. The Kier molecular flexibility index (Phi) is 7.91. The zero-order valence-electron chi connectivity index (χ0n) is 21.4. The molecular weight excluding hydrogens is 522 g/mol. The Hall–Kier alpha value is -3.66. The molecule has 0 saturated carbocycles. The molecular formula is C29H29NO6S2. The average molecular weight is 552 g/mol. The van der Waals surface area contributed by atoms with Crippen LogP contribution in [0.3, 0.4) is 0 Å². The second-order valence-electron chi connectivity index (χ2n) is 8.79. The van der Waals surface area contributed by atoms with E-state index >= 15 is 0 Å². The summed E-state index contributed by atoms with van der Waals surface area (Å²) < 4.78 is 64.8. The minimum atomic E-state index is -4.01. The van der Waals surface area contributed by atoms with Gasteiger partial charge in [0.25, 0.3) is 20.1 Å². The molecule has 0 aliphatic heterocycles. The molecule has 0 bridgehead atoms. The summed E-state index contributed by atoms with van der Waals surface area (Å²) in [5.41, 5.74) is 3.00. The molecule has 4 rings (SSSR count). The molecule has 1 heterocycles. The van der Waals surface area contributed by atoms with Crippen molar-refractivity contribution in [1.82, 2.24) is 3.97 Å². The van der Waals surface area contributed by atoms with E-state index in [0.717, 1.165) is 11.1 Å². The fourth-order valence-electron chi connectivity index (χ4n) is 3.89. The number of aryl methyl sites for hydroxylation is 2. The average Bonchev–Trinajstić information content (AvgIpc) is 3.33. The molecule has 0 radical (unpaired) electrons. The van der Waals surface area contributed by atoms with Gasteiger partial charge in [0.05, 0.1) is 15.3 Å². The van der Waals surface area contributed by atoms with Crippen LogP contribution in [0.15, 0.2) is 101 Å². The third-order valence-electron chi connectivity index (χ3n) is 5.97. The Morgan fingerprint density at radius 3 is 2.05 bits per heavy atom. The number of aromatic nitrogens is 1. The zero-order chi connectivity index (χ0) is 27.5. The van der Waals surface area contributed by atoms with Gasteiger partial charge in [-0.05, 0) is 69.3 Å². The highest BCUT2D eigenvalue weighted by Crippen LogP contribution is 2.34. The van der Waals surface area contributed by atoms with Crippen molar-refractivity contribution in [2.75, 3.05) is 6.61 Å². The third-order valence-corrected chi connectivity index (χ3v) is 8.97. The number of rotatable bonds is 10. The van der Waals surface area contributed by atoms with Gasteiger partial charge < -0.3 is 4.74 Å². The predicted octanol–water partition coefficient (Wildman–Crippen LogP) is 5.87. The molecule has 0 amide bonds. The summed E-state index contributed by atoms with van der Waals surface area (Å²) in [7, 11) is -7.87. The molecule has 1 aromatic heterocycles. The van der Waals surface area contributed by atoms with Gasteiger partial charge in [0.2, 0.25) is 0 Å². The van der Waals surface area contributed by atoms with Crippen LogP contribution in [-0.2, 0) is 24.3 Å². The summed E-state index contributed by atoms with van der Waals surface area (Å²) in [4.78, 5) is 0.209. The second-order valence-corrected chi connectivity index (χ2v) is 12.2. The van der Waals surface area contributed by atoms with Gasteiger partial charge in [-0.1, -0.05) is 54.1 Å². The van der Waals surface area contributed by atoms with Crippen LogP contribution in [0.2, 0.25) is 0 Å². The highest BCUT2D eigenvalue weighted by molar-refractivity contribution is 7.90. The molecule has 9 heteroatoms. The third kappa shape index (κ3) is 5.60. The molecule has 198 valence electrons. The molecule has 0 fully saturated rings. The normalized spacial score (nSPS) is 13.1. The van der Waals surface area contributed by atoms with Gasteiger partial charge in [-0.3, -0.25) is 4.18 Å². The number of hydrogen-bond acceptors (Lipinski definition) is 6. The first kappa shape index (κ1) is 27.4. The van der Waals surface area contributed by atoms with Gasteiger partial charge in [-0.25, -0.2) is 12.4 Å². The topological polar surface area (TPSA) is 91.7 Å². The smallest absolute Gasteiger partial charge is 0.297 e. The Balaban J connectivity index is 1.68. The molecule has 0 spiro atoms. The number of nitrogens with zero attached hydrogens (tertiary/aromatic N) is 1. The van der Waals surface area contributed by atoms with E-state index in [1.165, 1.54) is 28.4 Å². The van der Waals surface area contributed by atoms with Crippen molar-refractivity contribution in [3.05, 3.63) is 108 Å². The quantitative estimate of drug-likeness (QED) is 0.181. The summed E-state index contributed by atoms with van der Waals surface area (Å²) in [6.07, 6.45) is 5.75. The van der Waals surface area contributed by atoms with Crippen LogP contribution in [0.1, 0.15) is 23.6 Å². The van der Waals surface area contributed by atoms with Crippen molar-refractivity contribution in [3.8, 4) is 5.75 Å². The molecule has 1 atom stereocenters. The first-order chi connectivity index (χ1) is 18.1. The Bertz CT molecular complexity index is 1700. The SMILES string of the molecule is C=C[C@H](COS(=O)(=O)c1ccc(C)cc1)Oc1c(/C=C/C)ccc2c1ccn2S(=O)(=O)c1ccc(C)cc1. The molecule has 0 aliphatic carbocycles. The van der Waals surface area contributed by atoms with E-state index < -0.39 is 26.2 Å². The van der Waals surface area contributed by atoms with Crippen molar-refractivity contribution in [2.24, 2.45) is 0 Å². The maximum absolute atomic E-state index is 13.4. The minimum Gasteiger partial charge on any atom is -0.483 e. The van der Waals surface area contributed by atoms with Crippen molar-refractivity contribution in [3.63, 3.8) is 0 Å². The van der Waals surface area contributed by atoms with E-state index in [1.807, 2.05) is 32.9 Å². The van der Waals surface area contributed by atoms with Gasteiger partial charge in [-0.2, -0.15) is 8.42 Å². The molecule has 7 nitrogen and oxygen atoms in total. The van der Waals surface area contributed by atoms with Gasteiger partial charge in [0.15, 0.2) is 0 Å². The molecule has 0 saturated heterocycles. The zero-order valence-corrected chi connectivity index (χ0v) is 23.0. The lowest BCUT2D eigenvalue weighted by atomic mass is 10.1. The summed E-state index contributed by atoms with van der Waals surface area (Å²) in [6.45, 7) is 9.06. The van der Waals surface area contributed by atoms with Crippen molar-refractivity contribution < 1.29 is 25.8 Å². The fraction of sp³-hybridized carbons (Fsp3) is 0.172. The predicted molar refractivity (Wildman–Crippen MR) is 149 cm³/mol. The van der Waals surface area contributed by atoms with Crippen molar-refractivity contribution >= 4 is 37.1 Å². The van der Waals surface area contributed by atoms with Crippen molar-refractivity contribution in [2.45, 2.75) is 36.7 Å². The number of hydrogen-bond donors (Lipinski definition) is 0. The summed E-state index contributed by atoms with van der Waals surface area (Å²) in [6, 6.07) is 18.1. The van der Waals surface area contributed by atoms with Crippen LogP contribution in [0.4, 0.5) is 0 Å². The van der Waals surface area contributed by atoms with Crippen LogP contribution in [-0.4, -0.2) is 33.5 Å². The van der Waals surface area contributed by atoms with Gasteiger partial charge in [0.1, 0.15) is 18.5 Å². The Morgan fingerprint density at radius 1 is 0.868 bits per heavy atom. The number of benzene rings is 3. The summed E-state index contributed by atoms with van der Waals surface area (Å²) >= 11 is 0. The lowest BCUT2D eigenvalue weighted by molar-refractivity contribution is 0.169. The highest BCUT2D eigenvalue weighted by Gasteiger charge is 2.23. The first-order valence-corrected chi connectivity index (χ1v) is 14.8. The van der Waals surface area contributed by atoms with Gasteiger partial charge in [-0.15, -0.1) is 0 Å². The lowest BCUT2D eigenvalue weighted by Gasteiger charge is -2.19.